The monoisotopic (exact) mass is 208 g/mol. The van der Waals surface area contributed by atoms with E-state index in [9.17, 15) is 0 Å². The molecule has 0 amide bonds. The summed E-state index contributed by atoms with van der Waals surface area (Å²) in [5, 5.41) is 8.54. The van der Waals surface area contributed by atoms with Crippen molar-refractivity contribution in [2.45, 2.75) is 50.5 Å². The fraction of sp³-hybridized carbons (Fsp3) is 1.00. The van der Waals surface area contributed by atoms with Gasteiger partial charge in [-0.1, -0.05) is 48.5 Å². The van der Waals surface area contributed by atoms with E-state index < -0.39 is 0 Å². The number of aliphatic hydroxyl groups excluding tert-OH is 1. The molecule has 1 atom stereocenters. The molecule has 0 spiro atoms. The van der Waals surface area contributed by atoms with Crippen LogP contribution in [0.5, 0.6) is 0 Å². The van der Waals surface area contributed by atoms with Crippen molar-refractivity contribution in [1.29, 1.82) is 0 Å². The van der Waals surface area contributed by atoms with E-state index in [-0.39, 0.29) is 5.01 Å². The summed E-state index contributed by atoms with van der Waals surface area (Å²) in [6, 6.07) is 0. The van der Waals surface area contributed by atoms with Crippen molar-refractivity contribution in [3.63, 3.8) is 0 Å². The van der Waals surface area contributed by atoms with Crippen LogP contribution in [-0.2, 0) is 0 Å². The molecule has 0 heterocycles. The lowest BCUT2D eigenvalue weighted by Crippen LogP contribution is -1.93. The summed E-state index contributed by atoms with van der Waals surface area (Å²) >= 11 is 3.10. The van der Waals surface area contributed by atoms with Crippen molar-refractivity contribution in [2.75, 3.05) is 0 Å². The van der Waals surface area contributed by atoms with E-state index in [0.717, 1.165) is 12.8 Å². The van der Waals surface area contributed by atoms with Crippen molar-refractivity contribution < 1.29 is 5.11 Å². The van der Waals surface area contributed by atoms with Gasteiger partial charge in [-0.25, -0.2) is 0 Å². The first-order valence-electron chi connectivity index (χ1n) is 4.09. The quantitative estimate of drug-likeness (QED) is 0.526. The van der Waals surface area contributed by atoms with Gasteiger partial charge in [0.25, 0.3) is 0 Å². The molecule has 0 rings (SSSR count). The zero-order valence-electron chi connectivity index (χ0n) is 6.65. The standard InChI is InChI=1S/C8H17BrO/c1-2-3-4-5-6-7-8(9)10/h8,10H,2-7H2,1H3. The van der Waals surface area contributed by atoms with Gasteiger partial charge in [-0.3, -0.25) is 0 Å². The minimum atomic E-state index is -0.283. The molecule has 0 fully saturated rings. The van der Waals surface area contributed by atoms with E-state index in [1.54, 1.807) is 0 Å². The highest BCUT2D eigenvalue weighted by atomic mass is 79.9. The average Bonchev–Trinajstić information content (AvgIpc) is 1.87. The van der Waals surface area contributed by atoms with Crippen LogP contribution in [0, 0.1) is 0 Å². The second-order valence-corrected chi connectivity index (χ2v) is 3.69. The molecule has 62 valence electrons. The van der Waals surface area contributed by atoms with Crippen molar-refractivity contribution in [3.05, 3.63) is 0 Å². The van der Waals surface area contributed by atoms with Gasteiger partial charge in [0.2, 0.25) is 0 Å². The molecule has 0 saturated carbocycles. The molecule has 1 unspecified atom stereocenters. The molecule has 0 aliphatic rings. The van der Waals surface area contributed by atoms with Crippen LogP contribution in [-0.4, -0.2) is 10.1 Å². The van der Waals surface area contributed by atoms with Crippen LogP contribution in [0.4, 0.5) is 0 Å². The third-order valence-electron chi connectivity index (χ3n) is 1.55. The Labute approximate surface area is 72.0 Å². The highest BCUT2D eigenvalue weighted by Gasteiger charge is 1.95. The van der Waals surface area contributed by atoms with Crippen LogP contribution in [0.1, 0.15) is 45.4 Å². The Bertz CT molecular complexity index is 64.3. The Balaban J connectivity index is 2.77. The predicted molar refractivity (Wildman–Crippen MR) is 48.3 cm³/mol. The maximum atomic E-state index is 8.83. The van der Waals surface area contributed by atoms with Crippen LogP contribution < -0.4 is 0 Å². The number of aliphatic hydroxyl groups is 1. The van der Waals surface area contributed by atoms with Gasteiger partial charge >= 0.3 is 0 Å². The maximum Gasteiger partial charge on any atom is 0.109 e. The summed E-state index contributed by atoms with van der Waals surface area (Å²) in [7, 11) is 0. The highest BCUT2D eigenvalue weighted by Crippen LogP contribution is 2.09. The molecule has 0 aromatic heterocycles. The summed E-state index contributed by atoms with van der Waals surface area (Å²) in [5.74, 6) is 0. The minimum Gasteiger partial charge on any atom is -0.382 e. The van der Waals surface area contributed by atoms with Crippen LogP contribution >= 0.6 is 15.9 Å². The number of unbranched alkanes of at least 4 members (excludes halogenated alkanes) is 4. The molecule has 10 heavy (non-hydrogen) atoms. The van der Waals surface area contributed by atoms with E-state index in [1.807, 2.05) is 0 Å². The van der Waals surface area contributed by atoms with Crippen molar-refractivity contribution in [3.8, 4) is 0 Å². The Morgan fingerprint density at radius 1 is 1.20 bits per heavy atom. The van der Waals surface area contributed by atoms with E-state index in [1.165, 1.54) is 25.7 Å². The van der Waals surface area contributed by atoms with Gasteiger partial charge in [0.05, 0.1) is 0 Å². The Kier molecular flexibility index (Phi) is 7.88. The van der Waals surface area contributed by atoms with Crippen LogP contribution in [0.15, 0.2) is 0 Å². The van der Waals surface area contributed by atoms with Gasteiger partial charge in [-0.15, -0.1) is 0 Å². The first-order valence-corrected chi connectivity index (χ1v) is 5.01. The van der Waals surface area contributed by atoms with Gasteiger partial charge in [-0.05, 0) is 12.8 Å². The minimum absolute atomic E-state index is 0.283. The zero-order chi connectivity index (χ0) is 7.82. The SMILES string of the molecule is CCCCCCCC(O)Br. The smallest absolute Gasteiger partial charge is 0.109 e. The van der Waals surface area contributed by atoms with Crippen molar-refractivity contribution in [1.82, 2.24) is 0 Å². The third kappa shape index (κ3) is 8.44. The van der Waals surface area contributed by atoms with Crippen LogP contribution in [0.25, 0.3) is 0 Å². The Morgan fingerprint density at radius 2 is 1.80 bits per heavy atom. The molecule has 0 aliphatic carbocycles. The summed E-state index contributed by atoms with van der Waals surface area (Å²) in [4.78, 5) is 0. The average molecular weight is 209 g/mol. The van der Waals surface area contributed by atoms with Crippen LogP contribution in [0.2, 0.25) is 0 Å². The fourth-order valence-corrected chi connectivity index (χ4v) is 1.24. The van der Waals surface area contributed by atoms with Gasteiger partial charge in [0, 0.05) is 0 Å². The summed E-state index contributed by atoms with van der Waals surface area (Å²) < 4.78 is 0. The predicted octanol–water partition coefficient (Wildman–Crippen LogP) is 3.06. The Morgan fingerprint density at radius 3 is 2.30 bits per heavy atom. The highest BCUT2D eigenvalue weighted by molar-refractivity contribution is 9.09. The zero-order valence-corrected chi connectivity index (χ0v) is 8.23. The number of hydrogen-bond acceptors (Lipinski definition) is 1. The van der Waals surface area contributed by atoms with Gasteiger partial charge in [-0.2, -0.15) is 0 Å². The van der Waals surface area contributed by atoms with E-state index >= 15 is 0 Å². The number of rotatable bonds is 6. The molecule has 0 aliphatic heterocycles. The Hall–Kier alpha value is 0.440. The third-order valence-corrected chi connectivity index (χ3v) is 2.00. The molecule has 1 nitrogen and oxygen atoms in total. The molecule has 0 saturated heterocycles. The molecule has 0 radical (unpaired) electrons. The topological polar surface area (TPSA) is 20.2 Å². The van der Waals surface area contributed by atoms with Crippen molar-refractivity contribution >= 4 is 15.9 Å². The molecule has 2 heteroatoms. The van der Waals surface area contributed by atoms with E-state index in [4.69, 9.17) is 5.11 Å². The van der Waals surface area contributed by atoms with E-state index in [2.05, 4.69) is 22.9 Å². The first-order chi connectivity index (χ1) is 4.77. The van der Waals surface area contributed by atoms with Gasteiger partial charge in [0.1, 0.15) is 5.01 Å². The molecular formula is C8H17BrO. The normalized spacial score (nSPS) is 13.5. The summed E-state index contributed by atoms with van der Waals surface area (Å²) in [6.45, 7) is 2.21. The largest absolute Gasteiger partial charge is 0.382 e. The molecule has 0 aromatic rings. The van der Waals surface area contributed by atoms with Crippen molar-refractivity contribution in [2.24, 2.45) is 0 Å². The van der Waals surface area contributed by atoms with E-state index in [0.29, 0.717) is 0 Å². The molecule has 0 aromatic carbocycles. The van der Waals surface area contributed by atoms with Crippen LogP contribution in [0.3, 0.4) is 0 Å². The summed E-state index contributed by atoms with van der Waals surface area (Å²) in [5.41, 5.74) is 0. The molecule has 0 bridgehead atoms. The number of hydrogen-bond donors (Lipinski definition) is 1. The number of halogens is 1. The number of alkyl halides is 1. The lowest BCUT2D eigenvalue weighted by Gasteiger charge is -2.00. The second-order valence-electron chi connectivity index (χ2n) is 2.64. The fourth-order valence-electron chi connectivity index (χ4n) is 0.916. The summed E-state index contributed by atoms with van der Waals surface area (Å²) in [6.07, 6.45) is 7.23. The molecule has 1 N–H and O–H groups in total. The second kappa shape index (κ2) is 7.55. The first kappa shape index (κ1) is 10.4. The van der Waals surface area contributed by atoms with Gasteiger partial charge < -0.3 is 5.11 Å². The van der Waals surface area contributed by atoms with Gasteiger partial charge in [0.15, 0.2) is 0 Å². The molecular weight excluding hydrogens is 192 g/mol. The lowest BCUT2D eigenvalue weighted by atomic mass is 10.1. The maximum absolute atomic E-state index is 8.83. The lowest BCUT2D eigenvalue weighted by molar-refractivity contribution is 0.254.